The lowest BCUT2D eigenvalue weighted by atomic mass is 9.90. The van der Waals surface area contributed by atoms with Gasteiger partial charge in [0.05, 0.1) is 0 Å². The van der Waals surface area contributed by atoms with Crippen LogP contribution in [0, 0.1) is 0 Å². The molecular formula is C21H20O4. The van der Waals surface area contributed by atoms with Gasteiger partial charge < -0.3 is 9.15 Å². The van der Waals surface area contributed by atoms with Crippen LogP contribution in [-0.2, 0) is 17.6 Å². The first kappa shape index (κ1) is 15.9. The number of fused-ring (bicyclic) bond motifs is 5. The molecule has 0 spiro atoms. The van der Waals surface area contributed by atoms with Crippen molar-refractivity contribution in [1.82, 2.24) is 0 Å². The molecule has 0 saturated carbocycles. The summed E-state index contributed by atoms with van der Waals surface area (Å²) >= 11 is 0. The fraction of sp³-hybridized carbons (Fsp3) is 0.333. The van der Waals surface area contributed by atoms with Gasteiger partial charge in [-0.15, -0.1) is 0 Å². The molecule has 0 N–H and O–H groups in total. The van der Waals surface area contributed by atoms with E-state index < -0.39 is 6.10 Å². The third kappa shape index (κ3) is 2.62. The molecule has 1 aliphatic carbocycles. The van der Waals surface area contributed by atoms with E-state index in [1.165, 1.54) is 6.92 Å². The van der Waals surface area contributed by atoms with E-state index in [4.69, 9.17) is 9.15 Å². The van der Waals surface area contributed by atoms with Crippen LogP contribution in [0.5, 0.6) is 5.75 Å². The zero-order chi connectivity index (χ0) is 17.6. The summed E-state index contributed by atoms with van der Waals surface area (Å²) in [6.45, 7) is 3.25. The van der Waals surface area contributed by atoms with E-state index in [0.717, 1.165) is 53.0 Å². The van der Waals surface area contributed by atoms with Crippen molar-refractivity contribution in [2.24, 2.45) is 0 Å². The monoisotopic (exact) mass is 336 g/mol. The molecule has 0 radical (unpaired) electrons. The molecule has 1 atom stereocenters. The Morgan fingerprint density at radius 1 is 1.04 bits per heavy atom. The zero-order valence-corrected chi connectivity index (χ0v) is 14.4. The number of carbonyl (C=O) groups is 1. The van der Waals surface area contributed by atoms with Crippen LogP contribution in [0.25, 0.3) is 21.7 Å². The van der Waals surface area contributed by atoms with E-state index in [2.05, 4.69) is 0 Å². The summed E-state index contributed by atoms with van der Waals surface area (Å²) in [5, 5.41) is 2.71. The van der Waals surface area contributed by atoms with E-state index in [9.17, 15) is 9.59 Å². The molecule has 4 nitrogen and oxygen atoms in total. The lowest BCUT2D eigenvalue weighted by molar-refractivity contribution is -0.122. The van der Waals surface area contributed by atoms with Crippen molar-refractivity contribution < 1.29 is 13.9 Å². The SMILES string of the molecule is CC(=O)[C@H](C)Oc1cccc2c1ccc1c3c(c(=O)oc12)CCCC3. The van der Waals surface area contributed by atoms with Crippen molar-refractivity contribution in [3.8, 4) is 5.75 Å². The molecule has 4 heteroatoms. The molecule has 0 unspecified atom stereocenters. The first-order valence-corrected chi connectivity index (χ1v) is 8.73. The van der Waals surface area contributed by atoms with Gasteiger partial charge in [0.1, 0.15) is 11.3 Å². The highest BCUT2D eigenvalue weighted by Crippen LogP contribution is 2.35. The Morgan fingerprint density at radius 3 is 2.52 bits per heavy atom. The number of aryl methyl sites for hydroxylation is 1. The molecule has 1 aliphatic rings. The smallest absolute Gasteiger partial charge is 0.339 e. The van der Waals surface area contributed by atoms with Crippen molar-refractivity contribution in [2.45, 2.75) is 45.6 Å². The molecule has 4 rings (SSSR count). The molecule has 2 aromatic carbocycles. The van der Waals surface area contributed by atoms with E-state index in [0.29, 0.717) is 11.3 Å². The maximum atomic E-state index is 12.4. The maximum Gasteiger partial charge on any atom is 0.339 e. The van der Waals surface area contributed by atoms with Crippen molar-refractivity contribution in [3.63, 3.8) is 0 Å². The zero-order valence-electron chi connectivity index (χ0n) is 14.4. The number of hydrogen-bond donors (Lipinski definition) is 0. The highest BCUT2D eigenvalue weighted by molar-refractivity contribution is 6.07. The van der Waals surface area contributed by atoms with Gasteiger partial charge in [-0.25, -0.2) is 4.79 Å². The van der Waals surface area contributed by atoms with E-state index in [1.807, 2.05) is 30.3 Å². The number of hydrogen-bond acceptors (Lipinski definition) is 4. The lowest BCUT2D eigenvalue weighted by Gasteiger charge is -2.18. The Balaban J connectivity index is 1.97. The van der Waals surface area contributed by atoms with Gasteiger partial charge in [-0.1, -0.05) is 18.2 Å². The number of rotatable bonds is 3. The van der Waals surface area contributed by atoms with Crippen molar-refractivity contribution in [1.29, 1.82) is 0 Å². The normalized spacial score (nSPS) is 15.1. The third-order valence-corrected chi connectivity index (χ3v) is 5.08. The summed E-state index contributed by atoms with van der Waals surface area (Å²) in [4.78, 5) is 23.9. The van der Waals surface area contributed by atoms with Gasteiger partial charge in [0.2, 0.25) is 0 Å². The fourth-order valence-electron chi connectivity index (χ4n) is 3.61. The van der Waals surface area contributed by atoms with Gasteiger partial charge in [-0.05, 0) is 57.2 Å². The van der Waals surface area contributed by atoms with Gasteiger partial charge in [0, 0.05) is 21.7 Å². The lowest BCUT2D eigenvalue weighted by Crippen LogP contribution is -2.20. The summed E-state index contributed by atoms with van der Waals surface area (Å²) in [6.07, 6.45) is 3.34. The van der Waals surface area contributed by atoms with Gasteiger partial charge in [0.15, 0.2) is 11.9 Å². The molecule has 0 aliphatic heterocycles. The number of benzene rings is 2. The summed E-state index contributed by atoms with van der Waals surface area (Å²) in [5.74, 6) is 0.598. The summed E-state index contributed by atoms with van der Waals surface area (Å²) in [7, 11) is 0. The Kier molecular flexibility index (Phi) is 3.83. The number of ketones is 1. The predicted octanol–water partition coefficient (Wildman–Crippen LogP) is 4.18. The van der Waals surface area contributed by atoms with E-state index in [1.54, 1.807) is 6.92 Å². The molecule has 128 valence electrons. The minimum Gasteiger partial charge on any atom is -0.482 e. The Morgan fingerprint density at radius 2 is 1.76 bits per heavy atom. The molecular weight excluding hydrogens is 316 g/mol. The molecule has 0 saturated heterocycles. The van der Waals surface area contributed by atoms with Crippen LogP contribution >= 0.6 is 0 Å². The molecule has 1 aromatic heterocycles. The van der Waals surface area contributed by atoms with Crippen LogP contribution in [-0.4, -0.2) is 11.9 Å². The van der Waals surface area contributed by atoms with Crippen LogP contribution in [0.1, 0.15) is 37.8 Å². The van der Waals surface area contributed by atoms with Crippen LogP contribution in [0.4, 0.5) is 0 Å². The molecule has 0 amide bonds. The largest absolute Gasteiger partial charge is 0.482 e. The first-order valence-electron chi connectivity index (χ1n) is 8.73. The average Bonchev–Trinajstić information content (AvgIpc) is 2.62. The van der Waals surface area contributed by atoms with Gasteiger partial charge in [0.25, 0.3) is 0 Å². The quantitative estimate of drug-likeness (QED) is 0.532. The maximum absolute atomic E-state index is 12.4. The summed E-state index contributed by atoms with van der Waals surface area (Å²) < 4.78 is 11.5. The highest BCUT2D eigenvalue weighted by Gasteiger charge is 2.20. The Labute approximate surface area is 145 Å². The average molecular weight is 336 g/mol. The van der Waals surface area contributed by atoms with E-state index >= 15 is 0 Å². The number of Topliss-reactive ketones (excluding diaryl/α,β-unsaturated/α-hetero) is 1. The molecule has 25 heavy (non-hydrogen) atoms. The van der Waals surface area contributed by atoms with Crippen molar-refractivity contribution >= 4 is 27.5 Å². The number of ether oxygens (including phenoxy) is 1. The minimum absolute atomic E-state index is 0.0293. The number of carbonyl (C=O) groups excluding carboxylic acids is 1. The van der Waals surface area contributed by atoms with Crippen molar-refractivity contribution in [2.75, 3.05) is 0 Å². The topological polar surface area (TPSA) is 56.5 Å². The predicted molar refractivity (Wildman–Crippen MR) is 97.4 cm³/mol. The van der Waals surface area contributed by atoms with Crippen LogP contribution in [0.3, 0.4) is 0 Å². The Hall–Kier alpha value is -2.62. The Bertz CT molecular complexity index is 1050. The molecule has 0 bridgehead atoms. The minimum atomic E-state index is -0.517. The highest BCUT2D eigenvalue weighted by atomic mass is 16.5. The third-order valence-electron chi connectivity index (χ3n) is 5.08. The van der Waals surface area contributed by atoms with Gasteiger partial charge >= 0.3 is 5.63 Å². The van der Waals surface area contributed by atoms with Gasteiger partial charge in [-0.2, -0.15) is 0 Å². The second-order valence-electron chi connectivity index (χ2n) is 6.72. The second kappa shape index (κ2) is 6.03. The van der Waals surface area contributed by atoms with Crippen LogP contribution < -0.4 is 10.4 Å². The standard InChI is InChI=1S/C21H20O4/c1-12(22)13(2)24-19-9-5-8-16-15(19)10-11-17-14-6-3-4-7-18(14)21(23)25-20(16)17/h5,8-11,13H,3-4,6-7H2,1-2H3/t13-/m0/s1. The first-order chi connectivity index (χ1) is 12.1. The summed E-state index contributed by atoms with van der Waals surface area (Å²) in [5.41, 5.74) is 2.35. The molecule has 1 heterocycles. The van der Waals surface area contributed by atoms with Crippen LogP contribution in [0.2, 0.25) is 0 Å². The van der Waals surface area contributed by atoms with Gasteiger partial charge in [-0.3, -0.25) is 4.79 Å². The molecule has 0 fully saturated rings. The van der Waals surface area contributed by atoms with E-state index in [-0.39, 0.29) is 11.4 Å². The van der Waals surface area contributed by atoms with Crippen LogP contribution in [0.15, 0.2) is 39.5 Å². The van der Waals surface area contributed by atoms with Crippen molar-refractivity contribution in [3.05, 3.63) is 51.9 Å². The summed E-state index contributed by atoms with van der Waals surface area (Å²) in [6, 6.07) is 9.64. The fourth-order valence-corrected chi connectivity index (χ4v) is 3.61. The second-order valence-corrected chi connectivity index (χ2v) is 6.72. The molecule has 3 aromatic rings.